The van der Waals surface area contributed by atoms with Crippen LogP contribution < -0.4 is 16.4 Å². The predicted octanol–water partition coefficient (Wildman–Crippen LogP) is 1.64. The highest BCUT2D eigenvalue weighted by Gasteiger charge is 2.22. The van der Waals surface area contributed by atoms with Crippen molar-refractivity contribution < 1.29 is 4.79 Å². The molecule has 0 spiro atoms. The Balaban J connectivity index is 1.53. The molecular weight excluding hydrogens is 364 g/mol. The van der Waals surface area contributed by atoms with Gasteiger partial charge in [0.15, 0.2) is 5.96 Å². The third-order valence-corrected chi connectivity index (χ3v) is 6.31. The van der Waals surface area contributed by atoms with E-state index in [1.807, 2.05) is 0 Å². The standard InChI is InChI=1S/C22H44N6O/c1-3-24-22(26-12-6-14-28-15-7-19(2)8-16-28)25-11-4-5-13-27-17-9-20(10-18-27)21(23)29/h19-20H,3-18H2,1-2H3,(H2,23,29)(H2,24,25,26). The van der Waals surface area contributed by atoms with Crippen molar-refractivity contribution in [2.24, 2.45) is 22.6 Å². The predicted molar refractivity (Wildman–Crippen MR) is 121 cm³/mol. The van der Waals surface area contributed by atoms with Crippen molar-refractivity contribution in [3.8, 4) is 0 Å². The molecule has 7 heteroatoms. The first-order chi connectivity index (χ1) is 14.1. The van der Waals surface area contributed by atoms with Crippen LogP contribution in [0.3, 0.4) is 0 Å². The van der Waals surface area contributed by atoms with E-state index in [9.17, 15) is 4.79 Å². The molecule has 0 aromatic rings. The molecule has 2 saturated heterocycles. The molecule has 0 bridgehead atoms. The van der Waals surface area contributed by atoms with E-state index in [1.54, 1.807) is 0 Å². The van der Waals surface area contributed by atoms with Crippen molar-refractivity contribution >= 4 is 11.9 Å². The first-order valence-electron chi connectivity index (χ1n) is 11.8. The fraction of sp³-hybridized carbons (Fsp3) is 0.909. The van der Waals surface area contributed by atoms with Gasteiger partial charge >= 0.3 is 0 Å². The Kier molecular flexibility index (Phi) is 11.4. The van der Waals surface area contributed by atoms with Crippen LogP contribution in [-0.4, -0.2) is 80.6 Å². The molecule has 0 radical (unpaired) electrons. The van der Waals surface area contributed by atoms with Crippen molar-refractivity contribution in [3.63, 3.8) is 0 Å². The summed E-state index contributed by atoms with van der Waals surface area (Å²) in [5, 5.41) is 6.82. The number of carbonyl (C=O) groups excluding carboxylic acids is 1. The number of nitrogens with two attached hydrogens (primary N) is 1. The summed E-state index contributed by atoms with van der Waals surface area (Å²) in [6.45, 7) is 14.0. The average Bonchev–Trinajstić information content (AvgIpc) is 2.72. The highest BCUT2D eigenvalue weighted by atomic mass is 16.1. The topological polar surface area (TPSA) is 86.0 Å². The third-order valence-electron chi connectivity index (χ3n) is 6.31. The molecule has 7 nitrogen and oxygen atoms in total. The van der Waals surface area contributed by atoms with Gasteiger partial charge in [-0.2, -0.15) is 0 Å². The summed E-state index contributed by atoms with van der Waals surface area (Å²) < 4.78 is 0. The molecule has 4 N–H and O–H groups in total. The molecule has 2 heterocycles. The smallest absolute Gasteiger partial charge is 0.220 e. The quantitative estimate of drug-likeness (QED) is 0.275. The van der Waals surface area contributed by atoms with Crippen molar-refractivity contribution in [3.05, 3.63) is 0 Å². The Hall–Kier alpha value is -1.34. The first kappa shape index (κ1) is 23.9. The summed E-state index contributed by atoms with van der Waals surface area (Å²) in [7, 11) is 0. The molecule has 0 aromatic carbocycles. The average molecular weight is 409 g/mol. The maximum atomic E-state index is 11.2. The number of likely N-dealkylation sites (tertiary alicyclic amines) is 2. The second kappa shape index (κ2) is 13.8. The molecule has 0 aromatic heterocycles. The highest BCUT2D eigenvalue weighted by molar-refractivity contribution is 5.79. The van der Waals surface area contributed by atoms with Gasteiger partial charge in [0.1, 0.15) is 0 Å². The summed E-state index contributed by atoms with van der Waals surface area (Å²) in [5.41, 5.74) is 5.41. The molecule has 2 aliphatic heterocycles. The third kappa shape index (κ3) is 9.81. The van der Waals surface area contributed by atoms with E-state index < -0.39 is 0 Å². The lowest BCUT2D eigenvalue weighted by atomic mass is 9.96. The number of aliphatic imine (C=N–C) groups is 1. The lowest BCUT2D eigenvalue weighted by Crippen LogP contribution is -2.40. The zero-order chi connectivity index (χ0) is 20.9. The second-order valence-electron chi connectivity index (χ2n) is 8.79. The van der Waals surface area contributed by atoms with Gasteiger partial charge in [-0.1, -0.05) is 6.92 Å². The van der Waals surface area contributed by atoms with Gasteiger partial charge in [0, 0.05) is 25.6 Å². The molecule has 2 aliphatic rings. The van der Waals surface area contributed by atoms with E-state index >= 15 is 0 Å². The monoisotopic (exact) mass is 408 g/mol. The van der Waals surface area contributed by atoms with E-state index in [2.05, 4.69) is 34.3 Å². The zero-order valence-corrected chi connectivity index (χ0v) is 18.8. The number of unbranched alkanes of at least 4 members (excludes halogenated alkanes) is 1. The Morgan fingerprint density at radius 1 is 0.966 bits per heavy atom. The maximum absolute atomic E-state index is 11.2. The molecule has 2 fully saturated rings. The van der Waals surface area contributed by atoms with Crippen molar-refractivity contribution in [2.45, 2.75) is 58.8 Å². The van der Waals surface area contributed by atoms with Crippen LogP contribution in [0.2, 0.25) is 0 Å². The molecule has 168 valence electrons. The van der Waals surface area contributed by atoms with Crippen molar-refractivity contribution in [1.82, 2.24) is 20.4 Å². The number of guanidine groups is 1. The number of hydrogen-bond donors (Lipinski definition) is 3. The fourth-order valence-electron chi connectivity index (χ4n) is 4.22. The summed E-state index contributed by atoms with van der Waals surface area (Å²) in [6.07, 6.45) is 7.95. The van der Waals surface area contributed by atoms with Crippen LogP contribution in [0.5, 0.6) is 0 Å². The van der Waals surface area contributed by atoms with E-state index in [4.69, 9.17) is 10.7 Å². The van der Waals surface area contributed by atoms with E-state index in [-0.39, 0.29) is 11.8 Å². The minimum atomic E-state index is -0.130. The molecule has 0 saturated carbocycles. The Labute approximate surface area is 177 Å². The SMILES string of the molecule is CCNC(=NCCCN1CCC(C)CC1)NCCCCN1CCC(C(N)=O)CC1. The molecule has 0 atom stereocenters. The molecule has 29 heavy (non-hydrogen) atoms. The van der Waals surface area contributed by atoms with Crippen LogP contribution in [0.15, 0.2) is 4.99 Å². The summed E-state index contributed by atoms with van der Waals surface area (Å²) >= 11 is 0. The largest absolute Gasteiger partial charge is 0.369 e. The fourth-order valence-corrected chi connectivity index (χ4v) is 4.22. The van der Waals surface area contributed by atoms with Crippen LogP contribution in [0.4, 0.5) is 0 Å². The zero-order valence-electron chi connectivity index (χ0n) is 18.8. The van der Waals surface area contributed by atoms with Gasteiger partial charge in [0.25, 0.3) is 0 Å². The minimum absolute atomic E-state index is 0.0882. The Morgan fingerprint density at radius 2 is 1.59 bits per heavy atom. The number of carbonyl (C=O) groups is 1. The summed E-state index contributed by atoms with van der Waals surface area (Å²) in [6, 6.07) is 0. The van der Waals surface area contributed by atoms with Crippen LogP contribution >= 0.6 is 0 Å². The van der Waals surface area contributed by atoms with Gasteiger partial charge in [-0.25, -0.2) is 0 Å². The molecule has 1 amide bonds. The van der Waals surface area contributed by atoms with E-state index in [1.165, 1.54) is 38.9 Å². The van der Waals surface area contributed by atoms with Gasteiger partial charge in [0.2, 0.25) is 5.91 Å². The number of hydrogen-bond acceptors (Lipinski definition) is 4. The van der Waals surface area contributed by atoms with Crippen molar-refractivity contribution in [2.75, 3.05) is 58.9 Å². The van der Waals surface area contributed by atoms with Crippen LogP contribution in [0, 0.1) is 11.8 Å². The van der Waals surface area contributed by atoms with Crippen LogP contribution in [0.1, 0.15) is 58.8 Å². The summed E-state index contributed by atoms with van der Waals surface area (Å²) in [4.78, 5) is 21.0. The van der Waals surface area contributed by atoms with Crippen LogP contribution in [-0.2, 0) is 4.79 Å². The molecule has 0 unspecified atom stereocenters. The normalized spacial score (nSPS) is 20.7. The van der Waals surface area contributed by atoms with Gasteiger partial charge in [-0.3, -0.25) is 9.79 Å². The van der Waals surface area contributed by atoms with Gasteiger partial charge in [0.05, 0.1) is 0 Å². The van der Waals surface area contributed by atoms with Gasteiger partial charge in [-0.15, -0.1) is 0 Å². The Bertz CT molecular complexity index is 482. The number of piperidine rings is 2. The number of nitrogens with one attached hydrogen (secondary N) is 2. The number of primary amides is 1. The molecule has 0 aliphatic carbocycles. The molecular formula is C22H44N6O. The van der Waals surface area contributed by atoms with Gasteiger partial charge in [-0.05, 0) is 97.1 Å². The lowest BCUT2D eigenvalue weighted by molar-refractivity contribution is -0.123. The highest BCUT2D eigenvalue weighted by Crippen LogP contribution is 2.17. The number of rotatable bonds is 11. The summed E-state index contributed by atoms with van der Waals surface area (Å²) in [5.74, 6) is 1.80. The number of nitrogens with zero attached hydrogens (tertiary/aromatic N) is 3. The van der Waals surface area contributed by atoms with E-state index in [0.29, 0.717) is 0 Å². The minimum Gasteiger partial charge on any atom is -0.369 e. The number of amides is 1. The van der Waals surface area contributed by atoms with Gasteiger partial charge < -0.3 is 26.2 Å². The van der Waals surface area contributed by atoms with Crippen LogP contribution in [0.25, 0.3) is 0 Å². The van der Waals surface area contributed by atoms with E-state index in [0.717, 1.165) is 76.8 Å². The maximum Gasteiger partial charge on any atom is 0.220 e. The second-order valence-corrected chi connectivity index (χ2v) is 8.79. The lowest BCUT2D eigenvalue weighted by Gasteiger charge is -2.30. The van der Waals surface area contributed by atoms with Crippen molar-refractivity contribution in [1.29, 1.82) is 0 Å². The Morgan fingerprint density at radius 3 is 2.21 bits per heavy atom. The molecule has 2 rings (SSSR count). The first-order valence-corrected chi connectivity index (χ1v) is 11.8.